The minimum Gasteiger partial charge on any atom is -0.414 e. The van der Waals surface area contributed by atoms with Crippen molar-refractivity contribution in [2.45, 2.75) is 57.8 Å². The number of nitrogens with two attached hydrogens (primary N) is 1. The first-order valence-electron chi connectivity index (χ1n) is 7.02. The monoisotopic (exact) mass is 265 g/mol. The van der Waals surface area contributed by atoms with Gasteiger partial charge in [0.2, 0.25) is 0 Å². The molecule has 0 amide bonds. The van der Waals surface area contributed by atoms with Gasteiger partial charge in [0.15, 0.2) is 8.32 Å². The van der Waals surface area contributed by atoms with Crippen LogP contribution in [-0.4, -0.2) is 14.4 Å². The SMILES string of the molecule is CCCC1CCC[Si](C)(C)O1.Nc1ccccc1. The van der Waals surface area contributed by atoms with Crippen molar-refractivity contribution in [2.24, 2.45) is 0 Å². The average molecular weight is 265 g/mol. The lowest BCUT2D eigenvalue weighted by molar-refractivity contribution is 0.150. The Morgan fingerprint density at radius 2 is 1.94 bits per heavy atom. The molecular weight excluding hydrogens is 238 g/mol. The molecule has 2 N–H and O–H groups in total. The van der Waals surface area contributed by atoms with E-state index in [-0.39, 0.29) is 0 Å². The number of hydrogen-bond donors (Lipinski definition) is 1. The quantitative estimate of drug-likeness (QED) is 0.634. The van der Waals surface area contributed by atoms with E-state index < -0.39 is 8.32 Å². The molecule has 0 aliphatic carbocycles. The highest BCUT2D eigenvalue weighted by molar-refractivity contribution is 6.71. The largest absolute Gasteiger partial charge is 0.414 e. The molecule has 0 saturated carbocycles. The molecule has 18 heavy (non-hydrogen) atoms. The Hall–Kier alpha value is -0.803. The smallest absolute Gasteiger partial charge is 0.187 e. The van der Waals surface area contributed by atoms with Crippen LogP contribution in [0.4, 0.5) is 5.69 Å². The third-order valence-electron chi connectivity index (χ3n) is 3.20. The van der Waals surface area contributed by atoms with Gasteiger partial charge in [0.05, 0.1) is 0 Å². The van der Waals surface area contributed by atoms with Crippen LogP contribution in [0.25, 0.3) is 0 Å². The molecule has 1 heterocycles. The second-order valence-corrected chi connectivity index (χ2v) is 9.85. The van der Waals surface area contributed by atoms with Gasteiger partial charge in [0.1, 0.15) is 0 Å². The van der Waals surface area contributed by atoms with Crippen molar-refractivity contribution >= 4 is 14.0 Å². The third kappa shape index (κ3) is 6.22. The Labute approximate surface area is 113 Å². The van der Waals surface area contributed by atoms with Crippen LogP contribution in [0.5, 0.6) is 0 Å². The molecule has 1 aliphatic rings. The molecule has 2 rings (SSSR count). The molecule has 1 aromatic carbocycles. The molecule has 1 fully saturated rings. The number of hydrogen-bond acceptors (Lipinski definition) is 2. The summed E-state index contributed by atoms with van der Waals surface area (Å²) in [6, 6.07) is 10.9. The molecule has 1 aromatic rings. The van der Waals surface area contributed by atoms with Crippen molar-refractivity contribution in [2.75, 3.05) is 5.73 Å². The van der Waals surface area contributed by atoms with Crippen LogP contribution >= 0.6 is 0 Å². The van der Waals surface area contributed by atoms with E-state index in [1.807, 2.05) is 30.3 Å². The second kappa shape index (κ2) is 7.59. The summed E-state index contributed by atoms with van der Waals surface area (Å²) in [6.45, 7) is 6.93. The molecular formula is C15H27NOSi. The van der Waals surface area contributed by atoms with Crippen molar-refractivity contribution in [1.29, 1.82) is 0 Å². The van der Waals surface area contributed by atoms with Gasteiger partial charge in [0, 0.05) is 11.8 Å². The predicted molar refractivity (Wildman–Crippen MR) is 82.2 cm³/mol. The lowest BCUT2D eigenvalue weighted by Gasteiger charge is -2.34. The molecule has 0 bridgehead atoms. The van der Waals surface area contributed by atoms with Gasteiger partial charge in [-0.2, -0.15) is 0 Å². The summed E-state index contributed by atoms with van der Waals surface area (Å²) in [6.07, 6.45) is 5.87. The van der Waals surface area contributed by atoms with Crippen LogP contribution in [-0.2, 0) is 4.43 Å². The Balaban J connectivity index is 0.000000199. The van der Waals surface area contributed by atoms with Gasteiger partial charge >= 0.3 is 0 Å². The first-order valence-corrected chi connectivity index (χ1v) is 10.1. The molecule has 1 aliphatic heterocycles. The third-order valence-corrected chi connectivity index (χ3v) is 5.73. The topological polar surface area (TPSA) is 35.2 Å². The molecule has 0 aromatic heterocycles. The van der Waals surface area contributed by atoms with Gasteiger partial charge in [-0.25, -0.2) is 0 Å². The number of benzene rings is 1. The van der Waals surface area contributed by atoms with Crippen LogP contribution in [0.2, 0.25) is 19.1 Å². The van der Waals surface area contributed by atoms with E-state index in [1.54, 1.807) is 0 Å². The maximum Gasteiger partial charge on any atom is 0.187 e. The molecule has 1 saturated heterocycles. The summed E-state index contributed by atoms with van der Waals surface area (Å²) in [5.74, 6) is 0. The van der Waals surface area contributed by atoms with Gasteiger partial charge in [-0.15, -0.1) is 0 Å². The van der Waals surface area contributed by atoms with E-state index in [9.17, 15) is 0 Å². The molecule has 1 unspecified atom stereocenters. The van der Waals surface area contributed by atoms with E-state index in [1.165, 1.54) is 31.7 Å². The standard InChI is InChI=1S/C9H20OSi.C6H7N/c1-4-6-9-7-5-8-11(2,3)10-9;7-6-4-2-1-3-5-6/h9H,4-8H2,1-3H3;1-5H,7H2. The normalized spacial score (nSPS) is 21.8. The number of para-hydroxylation sites is 1. The van der Waals surface area contributed by atoms with E-state index in [4.69, 9.17) is 10.2 Å². The van der Waals surface area contributed by atoms with Crippen LogP contribution in [0, 0.1) is 0 Å². The van der Waals surface area contributed by atoms with Gasteiger partial charge in [-0.1, -0.05) is 38.0 Å². The van der Waals surface area contributed by atoms with Gasteiger partial charge < -0.3 is 10.2 Å². The predicted octanol–water partition coefficient (Wildman–Crippen LogP) is 4.44. The number of anilines is 1. The Morgan fingerprint density at radius 3 is 2.39 bits per heavy atom. The lowest BCUT2D eigenvalue weighted by atomic mass is 10.1. The van der Waals surface area contributed by atoms with E-state index in [0.29, 0.717) is 6.10 Å². The van der Waals surface area contributed by atoms with E-state index in [0.717, 1.165) is 5.69 Å². The zero-order chi connectivity index (χ0) is 13.4. The molecule has 0 spiro atoms. The Kier molecular flexibility index (Phi) is 6.43. The summed E-state index contributed by atoms with van der Waals surface area (Å²) in [7, 11) is -1.19. The van der Waals surface area contributed by atoms with Crippen molar-refractivity contribution in [3.05, 3.63) is 30.3 Å². The molecule has 2 nitrogen and oxygen atoms in total. The number of rotatable bonds is 2. The fourth-order valence-corrected chi connectivity index (χ4v) is 4.61. The summed E-state index contributed by atoms with van der Waals surface area (Å²) < 4.78 is 6.05. The maximum absolute atomic E-state index is 6.05. The van der Waals surface area contributed by atoms with Gasteiger partial charge in [0.25, 0.3) is 0 Å². The van der Waals surface area contributed by atoms with Crippen LogP contribution in [0.1, 0.15) is 32.6 Å². The summed E-state index contributed by atoms with van der Waals surface area (Å²) in [5.41, 5.74) is 6.18. The lowest BCUT2D eigenvalue weighted by Crippen LogP contribution is -2.39. The fourth-order valence-electron chi connectivity index (χ4n) is 2.30. The minimum absolute atomic E-state index is 0.607. The van der Waals surface area contributed by atoms with Crippen molar-refractivity contribution in [3.8, 4) is 0 Å². The molecule has 1 atom stereocenters. The maximum atomic E-state index is 6.05. The van der Waals surface area contributed by atoms with Gasteiger partial charge in [-0.3, -0.25) is 0 Å². The molecule has 3 heteroatoms. The fraction of sp³-hybridized carbons (Fsp3) is 0.600. The average Bonchev–Trinajstić information content (AvgIpc) is 2.30. The highest BCUT2D eigenvalue weighted by Crippen LogP contribution is 2.27. The highest BCUT2D eigenvalue weighted by Gasteiger charge is 2.30. The van der Waals surface area contributed by atoms with Crippen molar-refractivity contribution in [3.63, 3.8) is 0 Å². The summed E-state index contributed by atoms with van der Waals surface area (Å²) in [4.78, 5) is 0. The van der Waals surface area contributed by atoms with Crippen LogP contribution in [0.15, 0.2) is 30.3 Å². The molecule has 102 valence electrons. The molecule has 0 radical (unpaired) electrons. The zero-order valence-corrected chi connectivity index (χ0v) is 13.0. The summed E-state index contributed by atoms with van der Waals surface area (Å²) in [5, 5.41) is 0. The second-order valence-electron chi connectivity index (χ2n) is 5.59. The first-order chi connectivity index (χ1) is 8.53. The minimum atomic E-state index is -1.19. The Bertz CT molecular complexity index is 325. The van der Waals surface area contributed by atoms with E-state index >= 15 is 0 Å². The van der Waals surface area contributed by atoms with Crippen LogP contribution < -0.4 is 5.73 Å². The zero-order valence-electron chi connectivity index (χ0n) is 12.0. The highest BCUT2D eigenvalue weighted by atomic mass is 28.4. The van der Waals surface area contributed by atoms with Crippen molar-refractivity contribution < 1.29 is 4.43 Å². The van der Waals surface area contributed by atoms with Crippen LogP contribution in [0.3, 0.4) is 0 Å². The Morgan fingerprint density at radius 1 is 1.28 bits per heavy atom. The van der Waals surface area contributed by atoms with Gasteiger partial charge in [-0.05, 0) is 44.1 Å². The van der Waals surface area contributed by atoms with Crippen molar-refractivity contribution in [1.82, 2.24) is 0 Å². The first kappa shape index (κ1) is 15.3. The summed E-state index contributed by atoms with van der Waals surface area (Å²) >= 11 is 0. The number of nitrogen functional groups attached to an aromatic ring is 1. The van der Waals surface area contributed by atoms with E-state index in [2.05, 4.69) is 20.0 Å².